The number of rotatable bonds is 3. The minimum Gasteiger partial charge on any atom is -0.459 e. The second-order valence-electron chi connectivity index (χ2n) is 7.89. The molecule has 2 aromatic rings. The molecule has 154 valence electrons. The van der Waals surface area contributed by atoms with Crippen LogP contribution in [-0.4, -0.2) is 70.9 Å². The van der Waals surface area contributed by atoms with Crippen molar-refractivity contribution in [2.24, 2.45) is 5.92 Å². The van der Waals surface area contributed by atoms with E-state index in [9.17, 15) is 9.59 Å². The first kappa shape index (κ1) is 19.4. The SMILES string of the molecule is Cc1nc(C(=O)N2CCC(C)CC2)cc(N2CCN(C(=O)c3ccco3)CC2)n1. The highest BCUT2D eigenvalue weighted by atomic mass is 16.3. The van der Waals surface area contributed by atoms with Gasteiger partial charge in [-0.15, -0.1) is 0 Å². The lowest BCUT2D eigenvalue weighted by Gasteiger charge is -2.35. The van der Waals surface area contributed by atoms with Gasteiger partial charge in [0.2, 0.25) is 0 Å². The van der Waals surface area contributed by atoms with Gasteiger partial charge in [-0.25, -0.2) is 9.97 Å². The smallest absolute Gasteiger partial charge is 0.289 e. The molecule has 8 nitrogen and oxygen atoms in total. The highest BCUT2D eigenvalue weighted by molar-refractivity contribution is 5.93. The van der Waals surface area contributed by atoms with Crippen LogP contribution in [0.2, 0.25) is 0 Å². The van der Waals surface area contributed by atoms with E-state index in [2.05, 4.69) is 21.8 Å². The van der Waals surface area contributed by atoms with Gasteiger partial charge in [-0.2, -0.15) is 0 Å². The zero-order chi connectivity index (χ0) is 20.4. The summed E-state index contributed by atoms with van der Waals surface area (Å²) in [6, 6.07) is 5.19. The van der Waals surface area contributed by atoms with Crippen molar-refractivity contribution in [3.8, 4) is 0 Å². The molecule has 0 radical (unpaired) electrons. The Balaban J connectivity index is 1.43. The quantitative estimate of drug-likeness (QED) is 0.790. The number of carbonyl (C=O) groups excluding carboxylic acids is 2. The summed E-state index contributed by atoms with van der Waals surface area (Å²) in [5, 5.41) is 0. The van der Waals surface area contributed by atoms with Crippen LogP contribution < -0.4 is 4.90 Å². The minimum absolute atomic E-state index is 0.0183. The van der Waals surface area contributed by atoms with E-state index in [1.807, 2.05) is 11.8 Å². The predicted molar refractivity (Wildman–Crippen MR) is 108 cm³/mol. The van der Waals surface area contributed by atoms with E-state index in [-0.39, 0.29) is 11.8 Å². The Bertz CT molecular complexity index is 866. The van der Waals surface area contributed by atoms with Gasteiger partial charge in [-0.05, 0) is 37.8 Å². The van der Waals surface area contributed by atoms with Crippen LogP contribution in [0, 0.1) is 12.8 Å². The van der Waals surface area contributed by atoms with Crippen molar-refractivity contribution in [3.63, 3.8) is 0 Å². The average Bonchev–Trinajstić information content (AvgIpc) is 3.28. The number of amides is 2. The fourth-order valence-corrected chi connectivity index (χ4v) is 3.89. The molecule has 0 aromatic carbocycles. The molecule has 0 atom stereocenters. The van der Waals surface area contributed by atoms with Gasteiger partial charge in [0, 0.05) is 45.3 Å². The Kier molecular flexibility index (Phi) is 5.51. The zero-order valence-corrected chi connectivity index (χ0v) is 17.0. The third-order valence-corrected chi connectivity index (χ3v) is 5.74. The molecule has 4 rings (SSSR count). The van der Waals surface area contributed by atoms with Gasteiger partial charge in [-0.3, -0.25) is 9.59 Å². The van der Waals surface area contributed by atoms with Crippen LogP contribution in [0.1, 0.15) is 46.6 Å². The molecule has 2 aromatic heterocycles. The van der Waals surface area contributed by atoms with Crippen molar-refractivity contribution in [3.05, 3.63) is 41.7 Å². The van der Waals surface area contributed by atoms with E-state index >= 15 is 0 Å². The molecule has 0 spiro atoms. The Labute approximate surface area is 170 Å². The molecule has 8 heteroatoms. The van der Waals surface area contributed by atoms with Crippen LogP contribution in [-0.2, 0) is 0 Å². The second-order valence-corrected chi connectivity index (χ2v) is 7.89. The highest BCUT2D eigenvalue weighted by Crippen LogP contribution is 2.21. The molecule has 2 amide bonds. The second kappa shape index (κ2) is 8.23. The highest BCUT2D eigenvalue weighted by Gasteiger charge is 2.27. The van der Waals surface area contributed by atoms with E-state index in [0.29, 0.717) is 49.4 Å². The number of anilines is 1. The number of piperazine rings is 1. The minimum atomic E-state index is -0.0938. The van der Waals surface area contributed by atoms with Gasteiger partial charge >= 0.3 is 0 Å². The summed E-state index contributed by atoms with van der Waals surface area (Å²) < 4.78 is 5.21. The van der Waals surface area contributed by atoms with E-state index in [0.717, 1.165) is 31.7 Å². The van der Waals surface area contributed by atoms with Crippen molar-refractivity contribution in [1.82, 2.24) is 19.8 Å². The van der Waals surface area contributed by atoms with Gasteiger partial charge < -0.3 is 19.1 Å². The van der Waals surface area contributed by atoms with Gasteiger partial charge in [0.25, 0.3) is 11.8 Å². The molecule has 4 heterocycles. The average molecular weight is 397 g/mol. The first-order valence-electron chi connectivity index (χ1n) is 10.2. The third-order valence-electron chi connectivity index (χ3n) is 5.74. The van der Waals surface area contributed by atoms with Gasteiger partial charge in [-0.1, -0.05) is 6.92 Å². The van der Waals surface area contributed by atoms with Crippen molar-refractivity contribution < 1.29 is 14.0 Å². The monoisotopic (exact) mass is 397 g/mol. The summed E-state index contributed by atoms with van der Waals surface area (Å²) >= 11 is 0. The molecular formula is C21H27N5O3. The van der Waals surface area contributed by atoms with E-state index in [4.69, 9.17) is 4.42 Å². The number of aromatic nitrogens is 2. The molecule has 0 bridgehead atoms. The lowest BCUT2D eigenvalue weighted by atomic mass is 9.99. The normalized spacial score (nSPS) is 18.2. The van der Waals surface area contributed by atoms with E-state index in [1.165, 1.54) is 6.26 Å². The number of hydrogen-bond acceptors (Lipinski definition) is 6. The maximum Gasteiger partial charge on any atom is 0.289 e. The summed E-state index contributed by atoms with van der Waals surface area (Å²) in [7, 11) is 0. The molecule has 2 aliphatic heterocycles. The number of likely N-dealkylation sites (tertiary alicyclic amines) is 1. The van der Waals surface area contributed by atoms with Gasteiger partial charge in [0.1, 0.15) is 17.3 Å². The number of carbonyl (C=O) groups is 2. The lowest BCUT2D eigenvalue weighted by molar-refractivity contribution is 0.0690. The topological polar surface area (TPSA) is 82.8 Å². The van der Waals surface area contributed by atoms with Crippen molar-refractivity contribution in [2.45, 2.75) is 26.7 Å². The number of aryl methyl sites for hydroxylation is 1. The molecule has 0 unspecified atom stereocenters. The van der Waals surface area contributed by atoms with E-state index in [1.54, 1.807) is 23.1 Å². The molecule has 0 aliphatic carbocycles. The lowest BCUT2D eigenvalue weighted by Crippen LogP contribution is -2.49. The summed E-state index contributed by atoms with van der Waals surface area (Å²) in [5.41, 5.74) is 0.455. The fraction of sp³-hybridized carbons (Fsp3) is 0.524. The molecule has 29 heavy (non-hydrogen) atoms. The molecule has 0 saturated carbocycles. The van der Waals surface area contributed by atoms with Crippen molar-refractivity contribution in [1.29, 1.82) is 0 Å². The Morgan fingerprint density at radius 2 is 1.69 bits per heavy atom. The van der Waals surface area contributed by atoms with Crippen LogP contribution in [0.25, 0.3) is 0 Å². The fourth-order valence-electron chi connectivity index (χ4n) is 3.89. The summed E-state index contributed by atoms with van der Waals surface area (Å²) in [5.74, 6) is 2.25. The number of nitrogens with zero attached hydrogens (tertiary/aromatic N) is 5. The van der Waals surface area contributed by atoms with E-state index < -0.39 is 0 Å². The van der Waals surface area contributed by atoms with Crippen LogP contribution >= 0.6 is 0 Å². The third kappa shape index (κ3) is 4.26. The first-order valence-corrected chi connectivity index (χ1v) is 10.2. The van der Waals surface area contributed by atoms with Crippen LogP contribution in [0.15, 0.2) is 28.9 Å². The summed E-state index contributed by atoms with van der Waals surface area (Å²) in [6.07, 6.45) is 3.58. The maximum absolute atomic E-state index is 12.9. The van der Waals surface area contributed by atoms with Crippen molar-refractivity contribution in [2.75, 3.05) is 44.2 Å². The Morgan fingerprint density at radius 1 is 1.00 bits per heavy atom. The zero-order valence-electron chi connectivity index (χ0n) is 17.0. The van der Waals surface area contributed by atoms with Crippen molar-refractivity contribution >= 4 is 17.6 Å². The van der Waals surface area contributed by atoms with Crippen LogP contribution in [0.4, 0.5) is 5.82 Å². The standard InChI is InChI=1S/C21H27N5O3/c1-15-5-7-25(8-6-15)20(27)17-14-19(23-16(2)22-17)24-9-11-26(12-10-24)21(28)18-4-3-13-29-18/h3-4,13-15H,5-12H2,1-2H3. The summed E-state index contributed by atoms with van der Waals surface area (Å²) in [6.45, 7) is 8.07. The van der Waals surface area contributed by atoms with Gasteiger partial charge in [0.15, 0.2) is 5.76 Å². The molecular weight excluding hydrogens is 370 g/mol. The molecule has 2 fully saturated rings. The Morgan fingerprint density at radius 3 is 2.34 bits per heavy atom. The molecule has 2 aliphatic rings. The maximum atomic E-state index is 12.9. The number of furan rings is 1. The number of piperidine rings is 1. The largest absolute Gasteiger partial charge is 0.459 e. The van der Waals surface area contributed by atoms with Crippen LogP contribution in [0.5, 0.6) is 0 Å². The number of hydrogen-bond donors (Lipinski definition) is 0. The van der Waals surface area contributed by atoms with Gasteiger partial charge in [0.05, 0.1) is 6.26 Å². The first-order chi connectivity index (χ1) is 14.0. The molecule has 2 saturated heterocycles. The predicted octanol–water partition coefficient (Wildman–Crippen LogP) is 2.21. The Hall–Kier alpha value is -2.90. The molecule has 0 N–H and O–H groups in total. The summed E-state index contributed by atoms with van der Waals surface area (Å²) in [4.78, 5) is 40.1. The van der Waals surface area contributed by atoms with Crippen LogP contribution in [0.3, 0.4) is 0 Å².